The Balaban J connectivity index is 3.56. The molecule has 1 heteroatoms. The molecule has 0 saturated carbocycles. The first kappa shape index (κ1) is 20.7. The summed E-state index contributed by atoms with van der Waals surface area (Å²) in [5.41, 5.74) is -0.676. The van der Waals surface area contributed by atoms with Crippen molar-refractivity contribution in [3.8, 4) is 0 Å². The monoisotopic (exact) mass is 296 g/mol. The lowest BCUT2D eigenvalue weighted by Crippen LogP contribution is -2.20. The number of aliphatic hydroxyl groups is 1. The molecule has 0 spiro atoms. The van der Waals surface area contributed by atoms with Crippen LogP contribution in [-0.4, -0.2) is 10.7 Å². The van der Waals surface area contributed by atoms with E-state index in [1.807, 2.05) is 6.92 Å². The van der Waals surface area contributed by atoms with Gasteiger partial charge in [0, 0.05) is 0 Å². The van der Waals surface area contributed by atoms with Gasteiger partial charge in [-0.15, -0.1) is 6.58 Å². The second kappa shape index (κ2) is 11.3. The summed E-state index contributed by atoms with van der Waals surface area (Å²) in [5.74, 6) is 2.52. The predicted octanol–water partition coefficient (Wildman–Crippen LogP) is 6.36. The number of hydrogen-bond acceptors (Lipinski definition) is 1. The van der Waals surface area contributed by atoms with Crippen molar-refractivity contribution in [2.75, 3.05) is 0 Å². The second-order valence-corrected chi connectivity index (χ2v) is 7.92. The minimum atomic E-state index is -0.676. The molecule has 0 saturated heterocycles. The standard InChI is InChI=1S/C20H40O/c1-7-20(6,21)16-10-15-19(5)14-9-13-18(4)12-8-11-17(2)3/h7,17-19,21H,1,8-16H2,2-6H3/t18-,19-,20?/m1/s1. The van der Waals surface area contributed by atoms with Crippen LogP contribution in [0.15, 0.2) is 12.7 Å². The first-order chi connectivity index (χ1) is 9.76. The maximum atomic E-state index is 9.89. The molecular formula is C20H40O. The Morgan fingerprint density at radius 2 is 1.29 bits per heavy atom. The third-order valence-electron chi connectivity index (χ3n) is 4.69. The van der Waals surface area contributed by atoms with Gasteiger partial charge < -0.3 is 5.11 Å². The lowest BCUT2D eigenvalue weighted by Gasteiger charge is -2.20. The molecular weight excluding hydrogens is 256 g/mol. The minimum Gasteiger partial charge on any atom is -0.386 e. The molecule has 0 fully saturated rings. The van der Waals surface area contributed by atoms with Gasteiger partial charge >= 0.3 is 0 Å². The van der Waals surface area contributed by atoms with Gasteiger partial charge in [-0.2, -0.15) is 0 Å². The SMILES string of the molecule is C=CC(C)(O)CCC[C@H](C)CCC[C@H](C)CCCC(C)C. The first-order valence-corrected chi connectivity index (χ1v) is 9.12. The van der Waals surface area contributed by atoms with Crippen LogP contribution in [0.25, 0.3) is 0 Å². The summed E-state index contributed by atoms with van der Waals surface area (Å²) in [6.07, 6.45) is 13.1. The molecule has 0 aliphatic carbocycles. The second-order valence-electron chi connectivity index (χ2n) is 7.92. The van der Waals surface area contributed by atoms with Gasteiger partial charge in [0.15, 0.2) is 0 Å². The molecule has 21 heavy (non-hydrogen) atoms. The van der Waals surface area contributed by atoms with E-state index in [0.717, 1.165) is 30.6 Å². The van der Waals surface area contributed by atoms with Crippen molar-refractivity contribution in [1.82, 2.24) is 0 Å². The summed E-state index contributed by atoms with van der Waals surface area (Å²) < 4.78 is 0. The fraction of sp³-hybridized carbons (Fsp3) is 0.900. The third kappa shape index (κ3) is 13.1. The van der Waals surface area contributed by atoms with Crippen LogP contribution < -0.4 is 0 Å². The van der Waals surface area contributed by atoms with Crippen LogP contribution in [0.1, 0.15) is 92.4 Å². The van der Waals surface area contributed by atoms with E-state index < -0.39 is 5.60 Å². The van der Waals surface area contributed by atoms with Crippen molar-refractivity contribution in [2.45, 2.75) is 98.0 Å². The molecule has 0 aliphatic rings. The van der Waals surface area contributed by atoms with Crippen molar-refractivity contribution < 1.29 is 5.11 Å². The van der Waals surface area contributed by atoms with E-state index in [9.17, 15) is 5.11 Å². The highest BCUT2D eigenvalue weighted by Gasteiger charge is 2.15. The molecule has 1 unspecified atom stereocenters. The Morgan fingerprint density at radius 3 is 1.71 bits per heavy atom. The molecule has 0 rings (SSSR count). The molecule has 0 bridgehead atoms. The van der Waals surface area contributed by atoms with E-state index >= 15 is 0 Å². The van der Waals surface area contributed by atoms with Crippen molar-refractivity contribution >= 4 is 0 Å². The minimum absolute atomic E-state index is 0.676. The van der Waals surface area contributed by atoms with E-state index in [4.69, 9.17) is 0 Å². The zero-order valence-corrected chi connectivity index (χ0v) is 15.3. The Hall–Kier alpha value is -0.300. The highest BCUT2D eigenvalue weighted by molar-refractivity contribution is 4.91. The van der Waals surface area contributed by atoms with Gasteiger partial charge in [-0.05, 0) is 31.1 Å². The lowest BCUT2D eigenvalue weighted by atomic mass is 9.90. The summed E-state index contributed by atoms with van der Waals surface area (Å²) in [6.45, 7) is 14.9. The van der Waals surface area contributed by atoms with E-state index in [1.165, 1.54) is 44.9 Å². The molecule has 0 radical (unpaired) electrons. The molecule has 0 aromatic carbocycles. The van der Waals surface area contributed by atoms with Gasteiger partial charge in [0.05, 0.1) is 5.60 Å². The maximum absolute atomic E-state index is 9.89. The van der Waals surface area contributed by atoms with Crippen LogP contribution in [0.3, 0.4) is 0 Å². The van der Waals surface area contributed by atoms with Crippen LogP contribution in [0, 0.1) is 17.8 Å². The molecule has 1 N–H and O–H groups in total. The number of rotatable bonds is 13. The maximum Gasteiger partial charge on any atom is 0.0797 e. The van der Waals surface area contributed by atoms with Gasteiger partial charge in [0.25, 0.3) is 0 Å². The van der Waals surface area contributed by atoms with Gasteiger partial charge in [-0.25, -0.2) is 0 Å². The third-order valence-corrected chi connectivity index (χ3v) is 4.69. The first-order valence-electron chi connectivity index (χ1n) is 9.12. The summed E-state index contributed by atoms with van der Waals surface area (Å²) >= 11 is 0. The summed E-state index contributed by atoms with van der Waals surface area (Å²) in [4.78, 5) is 0. The Labute approximate surface area is 134 Å². The smallest absolute Gasteiger partial charge is 0.0797 e. The summed E-state index contributed by atoms with van der Waals surface area (Å²) in [7, 11) is 0. The average molecular weight is 297 g/mol. The van der Waals surface area contributed by atoms with Crippen LogP contribution in [-0.2, 0) is 0 Å². The van der Waals surface area contributed by atoms with Crippen molar-refractivity contribution in [3.05, 3.63) is 12.7 Å². The molecule has 1 nitrogen and oxygen atoms in total. The van der Waals surface area contributed by atoms with Gasteiger partial charge in [0.1, 0.15) is 0 Å². The fourth-order valence-electron chi connectivity index (χ4n) is 2.89. The van der Waals surface area contributed by atoms with E-state index in [1.54, 1.807) is 6.08 Å². The normalized spacial score (nSPS) is 17.5. The van der Waals surface area contributed by atoms with Crippen LogP contribution in [0.4, 0.5) is 0 Å². The lowest BCUT2D eigenvalue weighted by molar-refractivity contribution is 0.0974. The Bertz CT molecular complexity index is 255. The van der Waals surface area contributed by atoms with Crippen molar-refractivity contribution in [1.29, 1.82) is 0 Å². The molecule has 126 valence electrons. The topological polar surface area (TPSA) is 20.2 Å². The highest BCUT2D eigenvalue weighted by atomic mass is 16.3. The molecule has 0 aromatic heterocycles. The zero-order chi connectivity index (χ0) is 16.3. The van der Waals surface area contributed by atoms with Gasteiger partial charge in [-0.1, -0.05) is 85.1 Å². The van der Waals surface area contributed by atoms with Crippen LogP contribution in [0.2, 0.25) is 0 Å². The molecule has 0 amide bonds. The van der Waals surface area contributed by atoms with Crippen molar-refractivity contribution in [2.24, 2.45) is 17.8 Å². The summed E-state index contributed by atoms with van der Waals surface area (Å²) in [5, 5.41) is 9.89. The van der Waals surface area contributed by atoms with E-state index in [-0.39, 0.29) is 0 Å². The number of hydrogen-bond donors (Lipinski definition) is 1. The van der Waals surface area contributed by atoms with Gasteiger partial charge in [-0.3, -0.25) is 0 Å². The molecule has 3 atom stereocenters. The van der Waals surface area contributed by atoms with E-state index in [0.29, 0.717) is 0 Å². The van der Waals surface area contributed by atoms with Crippen LogP contribution >= 0.6 is 0 Å². The highest BCUT2D eigenvalue weighted by Crippen LogP contribution is 2.23. The Morgan fingerprint density at radius 1 is 0.857 bits per heavy atom. The molecule has 0 aromatic rings. The largest absolute Gasteiger partial charge is 0.386 e. The van der Waals surface area contributed by atoms with Gasteiger partial charge in [0.2, 0.25) is 0 Å². The average Bonchev–Trinajstić information content (AvgIpc) is 2.38. The Kier molecular flexibility index (Phi) is 11.1. The fourth-order valence-corrected chi connectivity index (χ4v) is 2.89. The predicted molar refractivity (Wildman–Crippen MR) is 95.5 cm³/mol. The summed E-state index contributed by atoms with van der Waals surface area (Å²) in [6, 6.07) is 0. The van der Waals surface area contributed by atoms with Crippen LogP contribution in [0.5, 0.6) is 0 Å². The molecule has 0 aliphatic heterocycles. The zero-order valence-electron chi connectivity index (χ0n) is 15.3. The molecule has 0 heterocycles. The quantitative estimate of drug-likeness (QED) is 0.392. The van der Waals surface area contributed by atoms with Crippen molar-refractivity contribution in [3.63, 3.8) is 0 Å². The van der Waals surface area contributed by atoms with E-state index in [2.05, 4.69) is 34.3 Å².